The van der Waals surface area contributed by atoms with Crippen LogP contribution in [0.5, 0.6) is 5.88 Å². The third kappa shape index (κ3) is 4.82. The van der Waals surface area contributed by atoms with Gasteiger partial charge < -0.3 is 14.6 Å². The van der Waals surface area contributed by atoms with E-state index in [4.69, 9.17) is 9.72 Å². The van der Waals surface area contributed by atoms with Crippen molar-refractivity contribution in [1.82, 2.24) is 38.9 Å². The van der Waals surface area contributed by atoms with Gasteiger partial charge in [0.25, 0.3) is 0 Å². The molecule has 206 valence electrons. The molecule has 13 heteroatoms. The molecule has 0 atom stereocenters. The van der Waals surface area contributed by atoms with Crippen LogP contribution in [0.3, 0.4) is 0 Å². The SMILES string of the molecule is COc1ncnc(C2CC2)c1-c1nc(NCc2ccc(-c3nc(C(F)(F)F)cn3C(C)C)cc2)n2cncc2n1. The van der Waals surface area contributed by atoms with Gasteiger partial charge in [-0.05, 0) is 32.3 Å². The maximum absolute atomic E-state index is 13.3. The van der Waals surface area contributed by atoms with Gasteiger partial charge in [-0.3, -0.25) is 4.40 Å². The second-order valence-corrected chi connectivity index (χ2v) is 9.91. The minimum absolute atomic E-state index is 0.182. The smallest absolute Gasteiger partial charge is 0.434 e. The Morgan fingerprint density at radius 3 is 2.52 bits per heavy atom. The number of ether oxygens (including phenoxy) is 1. The van der Waals surface area contributed by atoms with Crippen molar-refractivity contribution in [2.45, 2.75) is 51.4 Å². The summed E-state index contributed by atoms with van der Waals surface area (Å²) in [4.78, 5) is 26.3. The van der Waals surface area contributed by atoms with Crippen LogP contribution < -0.4 is 10.1 Å². The Morgan fingerprint density at radius 2 is 1.85 bits per heavy atom. The highest BCUT2D eigenvalue weighted by atomic mass is 19.4. The van der Waals surface area contributed by atoms with Crippen LogP contribution in [0.15, 0.2) is 49.3 Å². The number of alkyl halides is 3. The van der Waals surface area contributed by atoms with Gasteiger partial charge in [0.2, 0.25) is 11.8 Å². The summed E-state index contributed by atoms with van der Waals surface area (Å²) in [7, 11) is 1.56. The summed E-state index contributed by atoms with van der Waals surface area (Å²) < 4.78 is 48.7. The number of methoxy groups -OCH3 is 1. The highest BCUT2D eigenvalue weighted by molar-refractivity contribution is 5.68. The standard InChI is InChI=1S/C27H26F3N9O/c1-15(2)38-12-19(27(28,29)30)35-24(38)18-6-4-16(5-7-18)10-32-26-37-23(36-20-11-31-14-39(20)26)21-22(17-8-9-17)33-13-34-25(21)40-3/h4-7,11-15,17H,8-10H2,1-3H3,(H,32,36,37). The number of hydrogen-bond acceptors (Lipinski definition) is 8. The van der Waals surface area contributed by atoms with Gasteiger partial charge in [0.15, 0.2) is 17.2 Å². The highest BCUT2D eigenvalue weighted by Crippen LogP contribution is 2.45. The minimum Gasteiger partial charge on any atom is -0.480 e. The van der Waals surface area contributed by atoms with E-state index < -0.39 is 11.9 Å². The van der Waals surface area contributed by atoms with Gasteiger partial charge >= 0.3 is 6.18 Å². The van der Waals surface area contributed by atoms with Crippen molar-refractivity contribution >= 4 is 11.6 Å². The Balaban J connectivity index is 1.29. The zero-order valence-electron chi connectivity index (χ0n) is 22.0. The number of nitrogens with one attached hydrogen (secondary N) is 1. The van der Waals surface area contributed by atoms with E-state index in [1.807, 2.05) is 26.0 Å². The zero-order valence-corrected chi connectivity index (χ0v) is 22.0. The lowest BCUT2D eigenvalue weighted by Crippen LogP contribution is -2.10. The summed E-state index contributed by atoms with van der Waals surface area (Å²) in [6.07, 6.45) is 3.38. The van der Waals surface area contributed by atoms with E-state index >= 15 is 0 Å². The van der Waals surface area contributed by atoms with Crippen LogP contribution in [0, 0.1) is 0 Å². The molecule has 0 saturated heterocycles. The van der Waals surface area contributed by atoms with E-state index in [0.29, 0.717) is 46.9 Å². The predicted molar refractivity (Wildman–Crippen MR) is 141 cm³/mol. The van der Waals surface area contributed by atoms with Gasteiger partial charge in [0.05, 0.1) is 19.0 Å². The van der Waals surface area contributed by atoms with Gasteiger partial charge in [-0.15, -0.1) is 0 Å². The van der Waals surface area contributed by atoms with Gasteiger partial charge in [-0.1, -0.05) is 24.3 Å². The first-order valence-corrected chi connectivity index (χ1v) is 12.8. The van der Waals surface area contributed by atoms with Crippen LogP contribution in [0.25, 0.3) is 28.4 Å². The highest BCUT2D eigenvalue weighted by Gasteiger charge is 2.35. The number of nitrogens with zero attached hydrogens (tertiary/aromatic N) is 8. The van der Waals surface area contributed by atoms with Crippen LogP contribution in [-0.2, 0) is 12.7 Å². The zero-order chi connectivity index (χ0) is 28.0. The number of imidazole rings is 2. The van der Waals surface area contributed by atoms with E-state index in [1.165, 1.54) is 10.9 Å². The third-order valence-corrected chi connectivity index (χ3v) is 6.74. The first kappa shape index (κ1) is 25.7. The number of fused-ring (bicyclic) bond motifs is 1. The van der Waals surface area contributed by atoms with E-state index in [2.05, 4.69) is 30.2 Å². The molecule has 10 nitrogen and oxygen atoms in total. The molecule has 40 heavy (non-hydrogen) atoms. The van der Waals surface area contributed by atoms with E-state index in [9.17, 15) is 13.2 Å². The largest absolute Gasteiger partial charge is 0.480 e. The third-order valence-electron chi connectivity index (χ3n) is 6.74. The molecule has 1 aromatic carbocycles. The lowest BCUT2D eigenvalue weighted by Gasteiger charge is -2.14. The maximum Gasteiger partial charge on any atom is 0.434 e. The number of rotatable bonds is 8. The summed E-state index contributed by atoms with van der Waals surface area (Å²) >= 11 is 0. The number of hydrogen-bond donors (Lipinski definition) is 1. The quantitative estimate of drug-likeness (QED) is 0.269. The van der Waals surface area contributed by atoms with Gasteiger partial charge in [-0.25, -0.2) is 24.9 Å². The molecule has 1 N–H and O–H groups in total. The molecule has 5 aromatic rings. The molecule has 0 unspecified atom stereocenters. The summed E-state index contributed by atoms with van der Waals surface area (Å²) in [5, 5.41) is 3.34. The topological polar surface area (TPSA) is 108 Å². The summed E-state index contributed by atoms with van der Waals surface area (Å²) in [5.74, 6) is 1.96. The van der Waals surface area contributed by atoms with Crippen molar-refractivity contribution in [2.75, 3.05) is 12.4 Å². The van der Waals surface area contributed by atoms with Crippen molar-refractivity contribution in [2.24, 2.45) is 0 Å². The predicted octanol–water partition coefficient (Wildman–Crippen LogP) is 5.54. The molecule has 0 spiro atoms. The van der Waals surface area contributed by atoms with Crippen molar-refractivity contribution < 1.29 is 17.9 Å². The Labute approximate surface area is 227 Å². The fourth-order valence-electron chi connectivity index (χ4n) is 4.56. The molecule has 0 aliphatic heterocycles. The molecule has 1 fully saturated rings. The maximum atomic E-state index is 13.3. The molecular formula is C27H26F3N9O. The van der Waals surface area contributed by atoms with E-state index in [-0.39, 0.29) is 11.9 Å². The fraction of sp³-hybridized carbons (Fsp3) is 0.333. The average molecular weight is 550 g/mol. The van der Waals surface area contributed by atoms with E-state index in [1.54, 1.807) is 36.2 Å². The first-order valence-electron chi connectivity index (χ1n) is 12.8. The summed E-state index contributed by atoms with van der Waals surface area (Å²) in [6, 6.07) is 7.05. The first-order chi connectivity index (χ1) is 19.2. The van der Waals surface area contributed by atoms with Crippen LogP contribution in [-0.4, -0.2) is 46.0 Å². The number of benzene rings is 1. The molecular weight excluding hydrogens is 523 g/mol. The van der Waals surface area contributed by atoms with Crippen LogP contribution in [0.2, 0.25) is 0 Å². The Kier molecular flexibility index (Phi) is 6.35. The molecule has 1 aliphatic carbocycles. The fourth-order valence-corrected chi connectivity index (χ4v) is 4.56. The van der Waals surface area contributed by atoms with Crippen molar-refractivity contribution in [1.29, 1.82) is 0 Å². The van der Waals surface area contributed by atoms with Crippen molar-refractivity contribution in [3.05, 3.63) is 66.3 Å². The Morgan fingerprint density at radius 1 is 1.07 bits per heavy atom. The Hall–Kier alpha value is -4.55. The number of halogens is 3. The lowest BCUT2D eigenvalue weighted by atomic mass is 10.1. The summed E-state index contributed by atoms with van der Waals surface area (Å²) in [6.45, 7) is 4.04. The molecule has 0 radical (unpaired) electrons. The van der Waals surface area contributed by atoms with Gasteiger partial charge in [0, 0.05) is 30.3 Å². The van der Waals surface area contributed by atoms with Crippen molar-refractivity contribution in [3.8, 4) is 28.7 Å². The molecule has 1 aliphatic rings. The molecule has 1 saturated carbocycles. The van der Waals surface area contributed by atoms with Gasteiger partial charge in [0.1, 0.15) is 24.0 Å². The molecule has 6 rings (SSSR count). The molecule has 0 amide bonds. The summed E-state index contributed by atoms with van der Waals surface area (Å²) in [5.41, 5.74) is 2.72. The second-order valence-electron chi connectivity index (χ2n) is 9.91. The Bertz CT molecular complexity index is 1670. The second kappa shape index (κ2) is 9.88. The number of aromatic nitrogens is 8. The van der Waals surface area contributed by atoms with Crippen LogP contribution >= 0.6 is 0 Å². The minimum atomic E-state index is -4.51. The average Bonchev–Trinajstić information content (AvgIpc) is 3.48. The van der Waals surface area contributed by atoms with Crippen LogP contribution in [0.1, 0.15) is 55.6 Å². The molecule has 4 heterocycles. The lowest BCUT2D eigenvalue weighted by molar-refractivity contribution is -0.140. The normalized spacial score (nSPS) is 13.8. The molecule has 4 aromatic heterocycles. The number of anilines is 1. The van der Waals surface area contributed by atoms with Crippen LogP contribution in [0.4, 0.5) is 19.1 Å². The van der Waals surface area contributed by atoms with E-state index in [0.717, 1.165) is 30.3 Å². The van der Waals surface area contributed by atoms with Gasteiger partial charge in [-0.2, -0.15) is 18.2 Å². The molecule has 0 bridgehead atoms. The monoisotopic (exact) mass is 549 g/mol. The van der Waals surface area contributed by atoms with Crippen molar-refractivity contribution in [3.63, 3.8) is 0 Å².